The number of carbonyl (C=O) groups is 1. The van der Waals surface area contributed by atoms with Crippen molar-refractivity contribution in [1.29, 1.82) is 0 Å². The Bertz CT molecular complexity index is 405. The molecule has 3 nitrogen and oxygen atoms in total. The maximum Gasteiger partial charge on any atom is 0.241 e. The van der Waals surface area contributed by atoms with Crippen molar-refractivity contribution in [2.75, 3.05) is 11.9 Å². The highest BCUT2D eigenvalue weighted by Crippen LogP contribution is 2.20. The Hall–Kier alpha value is -0.620. The number of amides is 1. The number of anilines is 1. The SMILES string of the molecule is CCC1CCNC(C(=O)Nc2ccc(I)cc2)C1. The molecule has 1 aliphatic rings. The molecule has 0 aliphatic carbocycles. The molecular formula is C14H19IN2O. The Kier molecular flexibility index (Phi) is 5.00. The molecule has 0 spiro atoms. The normalized spacial score (nSPS) is 23.7. The molecule has 1 amide bonds. The van der Waals surface area contributed by atoms with Crippen molar-refractivity contribution in [2.24, 2.45) is 5.92 Å². The minimum Gasteiger partial charge on any atom is -0.325 e. The molecule has 1 aromatic carbocycles. The quantitative estimate of drug-likeness (QED) is 0.816. The van der Waals surface area contributed by atoms with Crippen molar-refractivity contribution in [1.82, 2.24) is 5.32 Å². The first kappa shape index (κ1) is 13.8. The van der Waals surface area contributed by atoms with E-state index in [4.69, 9.17) is 0 Å². The Balaban J connectivity index is 1.93. The van der Waals surface area contributed by atoms with Crippen LogP contribution in [0.5, 0.6) is 0 Å². The number of hydrogen-bond donors (Lipinski definition) is 2. The van der Waals surface area contributed by atoms with E-state index >= 15 is 0 Å². The van der Waals surface area contributed by atoms with Crippen molar-refractivity contribution >= 4 is 34.2 Å². The first-order valence-electron chi connectivity index (χ1n) is 6.49. The van der Waals surface area contributed by atoms with Gasteiger partial charge in [-0.1, -0.05) is 13.3 Å². The molecule has 18 heavy (non-hydrogen) atoms. The lowest BCUT2D eigenvalue weighted by atomic mass is 9.90. The van der Waals surface area contributed by atoms with E-state index in [1.54, 1.807) is 0 Å². The summed E-state index contributed by atoms with van der Waals surface area (Å²) >= 11 is 2.26. The maximum absolute atomic E-state index is 12.1. The third-order valence-electron chi connectivity index (χ3n) is 3.52. The number of rotatable bonds is 3. The third kappa shape index (κ3) is 3.68. The molecule has 1 saturated heterocycles. The van der Waals surface area contributed by atoms with Crippen LogP contribution in [-0.2, 0) is 4.79 Å². The topological polar surface area (TPSA) is 41.1 Å². The summed E-state index contributed by atoms with van der Waals surface area (Å²) < 4.78 is 1.17. The molecule has 0 saturated carbocycles. The molecule has 0 aromatic heterocycles. The molecule has 4 heteroatoms. The summed E-state index contributed by atoms with van der Waals surface area (Å²) in [5.41, 5.74) is 0.876. The monoisotopic (exact) mass is 358 g/mol. The maximum atomic E-state index is 12.1. The Morgan fingerprint density at radius 2 is 2.17 bits per heavy atom. The fourth-order valence-corrected chi connectivity index (χ4v) is 2.69. The minimum absolute atomic E-state index is 0.0389. The highest BCUT2D eigenvalue weighted by Gasteiger charge is 2.25. The number of nitrogens with one attached hydrogen (secondary N) is 2. The van der Waals surface area contributed by atoms with Crippen molar-refractivity contribution in [3.8, 4) is 0 Å². The Morgan fingerprint density at radius 3 is 2.83 bits per heavy atom. The van der Waals surface area contributed by atoms with Crippen LogP contribution in [0.2, 0.25) is 0 Å². The summed E-state index contributed by atoms with van der Waals surface area (Å²) in [6.45, 7) is 3.15. The van der Waals surface area contributed by atoms with E-state index in [1.165, 1.54) is 9.99 Å². The molecule has 1 aliphatic heterocycles. The molecule has 2 atom stereocenters. The molecule has 2 unspecified atom stereocenters. The van der Waals surface area contributed by atoms with Gasteiger partial charge in [0.05, 0.1) is 6.04 Å². The van der Waals surface area contributed by atoms with Crippen LogP contribution < -0.4 is 10.6 Å². The van der Waals surface area contributed by atoms with Crippen LogP contribution in [0.3, 0.4) is 0 Å². The molecule has 1 fully saturated rings. The summed E-state index contributed by atoms with van der Waals surface area (Å²) in [6, 6.07) is 7.85. The highest BCUT2D eigenvalue weighted by atomic mass is 127. The number of hydrogen-bond acceptors (Lipinski definition) is 2. The van der Waals surface area contributed by atoms with E-state index in [0.29, 0.717) is 5.92 Å². The second-order valence-corrected chi connectivity index (χ2v) is 6.05. The number of carbonyl (C=O) groups excluding carboxylic acids is 1. The Morgan fingerprint density at radius 1 is 1.44 bits per heavy atom. The van der Waals surface area contributed by atoms with Gasteiger partial charge in [-0.2, -0.15) is 0 Å². The van der Waals surface area contributed by atoms with Gasteiger partial charge < -0.3 is 10.6 Å². The van der Waals surface area contributed by atoms with Gasteiger partial charge in [0.1, 0.15) is 0 Å². The first-order valence-corrected chi connectivity index (χ1v) is 7.56. The van der Waals surface area contributed by atoms with Gasteiger partial charge in [-0.15, -0.1) is 0 Å². The summed E-state index contributed by atoms with van der Waals surface area (Å²) in [4.78, 5) is 12.1. The van der Waals surface area contributed by atoms with Gasteiger partial charge in [0.25, 0.3) is 0 Å². The largest absolute Gasteiger partial charge is 0.325 e. The summed E-state index contributed by atoms with van der Waals surface area (Å²) in [5.74, 6) is 0.771. The zero-order chi connectivity index (χ0) is 13.0. The van der Waals surface area contributed by atoms with E-state index in [9.17, 15) is 4.79 Å². The molecule has 0 radical (unpaired) electrons. The molecule has 98 valence electrons. The summed E-state index contributed by atoms with van der Waals surface area (Å²) in [6.07, 6.45) is 3.30. The van der Waals surface area contributed by atoms with E-state index < -0.39 is 0 Å². The predicted molar refractivity (Wildman–Crippen MR) is 82.6 cm³/mol. The van der Waals surface area contributed by atoms with Crippen LogP contribution in [0.25, 0.3) is 0 Å². The lowest BCUT2D eigenvalue weighted by Crippen LogP contribution is -2.46. The second kappa shape index (κ2) is 6.52. The second-order valence-electron chi connectivity index (χ2n) is 4.80. The highest BCUT2D eigenvalue weighted by molar-refractivity contribution is 14.1. The molecule has 0 bridgehead atoms. The van der Waals surface area contributed by atoms with Crippen LogP contribution >= 0.6 is 22.6 Å². The predicted octanol–water partition coefficient (Wildman–Crippen LogP) is 3.01. The molecule has 2 N–H and O–H groups in total. The molecular weight excluding hydrogens is 339 g/mol. The minimum atomic E-state index is -0.0389. The average Bonchev–Trinajstić information content (AvgIpc) is 2.41. The van der Waals surface area contributed by atoms with Crippen molar-refractivity contribution < 1.29 is 4.79 Å². The van der Waals surface area contributed by atoms with Crippen molar-refractivity contribution in [3.05, 3.63) is 27.8 Å². The smallest absolute Gasteiger partial charge is 0.241 e. The van der Waals surface area contributed by atoms with Crippen LogP contribution in [0.4, 0.5) is 5.69 Å². The first-order chi connectivity index (χ1) is 8.69. The van der Waals surface area contributed by atoms with Crippen LogP contribution in [0.15, 0.2) is 24.3 Å². The van der Waals surface area contributed by atoms with Gasteiger partial charge in [0.15, 0.2) is 0 Å². The summed E-state index contributed by atoms with van der Waals surface area (Å²) in [7, 11) is 0. The standard InChI is InChI=1S/C14H19IN2O/c1-2-10-7-8-16-13(9-10)14(18)17-12-5-3-11(15)4-6-12/h3-6,10,13,16H,2,7-9H2,1H3,(H,17,18). The van der Waals surface area contributed by atoms with E-state index in [-0.39, 0.29) is 11.9 Å². The van der Waals surface area contributed by atoms with Gasteiger partial charge in [-0.3, -0.25) is 4.79 Å². The zero-order valence-corrected chi connectivity index (χ0v) is 12.7. The van der Waals surface area contributed by atoms with Crippen LogP contribution in [0.1, 0.15) is 26.2 Å². The molecule has 1 aromatic rings. The molecule has 2 rings (SSSR count). The number of halogens is 1. The van der Waals surface area contributed by atoms with Gasteiger partial charge in [0, 0.05) is 9.26 Å². The van der Waals surface area contributed by atoms with Gasteiger partial charge in [-0.25, -0.2) is 0 Å². The van der Waals surface area contributed by atoms with E-state index in [1.807, 2.05) is 24.3 Å². The third-order valence-corrected chi connectivity index (χ3v) is 4.24. The van der Waals surface area contributed by atoms with Crippen LogP contribution in [0, 0.1) is 9.49 Å². The number of piperidine rings is 1. The van der Waals surface area contributed by atoms with Gasteiger partial charge >= 0.3 is 0 Å². The van der Waals surface area contributed by atoms with Crippen molar-refractivity contribution in [3.63, 3.8) is 0 Å². The lowest BCUT2D eigenvalue weighted by molar-refractivity contribution is -0.119. The fraction of sp³-hybridized carbons (Fsp3) is 0.500. The number of benzene rings is 1. The average molecular weight is 358 g/mol. The Labute approximate surface area is 122 Å². The van der Waals surface area contributed by atoms with E-state index in [0.717, 1.165) is 25.1 Å². The van der Waals surface area contributed by atoms with Crippen LogP contribution in [-0.4, -0.2) is 18.5 Å². The summed E-state index contributed by atoms with van der Waals surface area (Å²) in [5, 5.41) is 6.28. The van der Waals surface area contributed by atoms with Gasteiger partial charge in [-0.05, 0) is 72.2 Å². The lowest BCUT2D eigenvalue weighted by Gasteiger charge is -2.28. The fourth-order valence-electron chi connectivity index (χ4n) is 2.33. The zero-order valence-electron chi connectivity index (χ0n) is 10.6. The van der Waals surface area contributed by atoms with Gasteiger partial charge in [0.2, 0.25) is 5.91 Å². The van der Waals surface area contributed by atoms with E-state index in [2.05, 4.69) is 40.1 Å². The molecule has 1 heterocycles. The van der Waals surface area contributed by atoms with Crippen molar-refractivity contribution in [2.45, 2.75) is 32.2 Å².